The van der Waals surface area contributed by atoms with Crippen molar-refractivity contribution in [2.24, 2.45) is 0 Å². The number of amides is 1. The molecule has 1 aliphatic rings. The number of nitro groups is 1. The molecule has 110 valence electrons. The van der Waals surface area contributed by atoms with Crippen molar-refractivity contribution in [2.75, 3.05) is 31.5 Å². The van der Waals surface area contributed by atoms with Gasteiger partial charge in [-0.05, 0) is 6.07 Å². The summed E-state index contributed by atoms with van der Waals surface area (Å²) in [4.78, 5) is 24.1. The highest BCUT2D eigenvalue weighted by atomic mass is 16.6. The fourth-order valence-electron chi connectivity index (χ4n) is 2.18. The minimum Gasteiger partial charge on any atom is -0.319 e. The second kappa shape index (κ2) is 6.78. The van der Waals surface area contributed by atoms with Crippen LogP contribution in [0.5, 0.6) is 0 Å². The summed E-state index contributed by atoms with van der Waals surface area (Å²) in [6.07, 6.45) is 0. The van der Waals surface area contributed by atoms with Crippen molar-refractivity contribution in [3.8, 4) is 6.07 Å². The Hall–Kier alpha value is -2.50. The first-order chi connectivity index (χ1) is 10.1. The van der Waals surface area contributed by atoms with Gasteiger partial charge in [-0.3, -0.25) is 19.8 Å². The van der Waals surface area contributed by atoms with E-state index in [0.717, 1.165) is 0 Å². The highest BCUT2D eigenvalue weighted by Crippen LogP contribution is 2.23. The maximum atomic E-state index is 12.0. The van der Waals surface area contributed by atoms with Gasteiger partial charge in [-0.15, -0.1) is 0 Å². The monoisotopic (exact) mass is 289 g/mol. The molecule has 1 amide bonds. The molecular weight excluding hydrogens is 274 g/mol. The normalized spacial score (nSPS) is 18.7. The molecule has 1 aromatic rings. The first-order valence-electron chi connectivity index (χ1n) is 6.49. The molecule has 1 fully saturated rings. The van der Waals surface area contributed by atoms with Crippen LogP contribution >= 0.6 is 0 Å². The van der Waals surface area contributed by atoms with E-state index in [9.17, 15) is 14.9 Å². The molecule has 0 radical (unpaired) electrons. The zero-order valence-corrected chi connectivity index (χ0v) is 11.3. The number of hydrogen-bond acceptors (Lipinski definition) is 6. The average molecular weight is 289 g/mol. The van der Waals surface area contributed by atoms with Crippen LogP contribution < -0.4 is 10.6 Å². The number of rotatable bonds is 4. The highest BCUT2D eigenvalue weighted by molar-refractivity contribution is 5.94. The predicted octanol–water partition coefficient (Wildman–Crippen LogP) is 0.331. The number of carbonyl (C=O) groups is 1. The van der Waals surface area contributed by atoms with Crippen LogP contribution in [0.2, 0.25) is 0 Å². The second-order valence-electron chi connectivity index (χ2n) is 4.64. The Labute approximate surface area is 121 Å². The number of para-hydroxylation sites is 2. The van der Waals surface area contributed by atoms with Crippen LogP contribution in [0.25, 0.3) is 0 Å². The van der Waals surface area contributed by atoms with E-state index >= 15 is 0 Å². The van der Waals surface area contributed by atoms with Gasteiger partial charge < -0.3 is 10.6 Å². The standard InChI is InChI=1S/C13H15N5O3/c14-7-10-8-15-5-6-17(10)9-13(19)16-11-3-1-2-4-12(11)18(20)21/h1-4,10,15H,5-6,8-9H2,(H,16,19). The van der Waals surface area contributed by atoms with Gasteiger partial charge in [-0.2, -0.15) is 5.26 Å². The van der Waals surface area contributed by atoms with Crippen molar-refractivity contribution < 1.29 is 9.72 Å². The smallest absolute Gasteiger partial charge is 0.292 e. The van der Waals surface area contributed by atoms with E-state index < -0.39 is 4.92 Å². The van der Waals surface area contributed by atoms with E-state index in [2.05, 4.69) is 16.7 Å². The number of piperazine rings is 1. The first kappa shape index (κ1) is 14.9. The lowest BCUT2D eigenvalue weighted by atomic mass is 10.2. The van der Waals surface area contributed by atoms with Crippen LogP contribution in [0, 0.1) is 21.4 Å². The highest BCUT2D eigenvalue weighted by Gasteiger charge is 2.24. The summed E-state index contributed by atoms with van der Waals surface area (Å²) >= 11 is 0. The number of anilines is 1. The lowest BCUT2D eigenvalue weighted by molar-refractivity contribution is -0.383. The van der Waals surface area contributed by atoms with Crippen LogP contribution in [0.4, 0.5) is 11.4 Å². The van der Waals surface area contributed by atoms with Gasteiger partial charge >= 0.3 is 0 Å². The maximum absolute atomic E-state index is 12.0. The molecule has 8 heteroatoms. The Kier molecular flexibility index (Phi) is 4.81. The molecule has 0 spiro atoms. The lowest BCUT2D eigenvalue weighted by Gasteiger charge is -2.31. The fraction of sp³-hybridized carbons (Fsp3) is 0.385. The molecule has 0 saturated carbocycles. The van der Waals surface area contributed by atoms with Gasteiger partial charge in [0.2, 0.25) is 5.91 Å². The Bertz CT molecular complexity index is 583. The van der Waals surface area contributed by atoms with E-state index in [1.165, 1.54) is 18.2 Å². The van der Waals surface area contributed by atoms with Crippen LogP contribution in [0.3, 0.4) is 0 Å². The summed E-state index contributed by atoms with van der Waals surface area (Å²) in [5.74, 6) is -0.369. The Balaban J connectivity index is 2.02. The summed E-state index contributed by atoms with van der Waals surface area (Å²) in [5.41, 5.74) is 0.0131. The minimum atomic E-state index is -0.543. The molecular formula is C13H15N5O3. The van der Waals surface area contributed by atoms with E-state index in [0.29, 0.717) is 19.6 Å². The van der Waals surface area contributed by atoms with Gasteiger partial charge in [-0.1, -0.05) is 12.1 Å². The summed E-state index contributed by atoms with van der Waals surface area (Å²) in [6.45, 7) is 1.83. The van der Waals surface area contributed by atoms with E-state index in [1.54, 1.807) is 11.0 Å². The maximum Gasteiger partial charge on any atom is 0.292 e. The van der Waals surface area contributed by atoms with Gasteiger partial charge in [-0.25, -0.2) is 0 Å². The second-order valence-corrected chi connectivity index (χ2v) is 4.64. The third-order valence-electron chi connectivity index (χ3n) is 3.22. The van der Waals surface area contributed by atoms with E-state index in [-0.39, 0.29) is 29.9 Å². The molecule has 0 aromatic heterocycles. The van der Waals surface area contributed by atoms with Crippen LogP contribution in [0.15, 0.2) is 24.3 Å². The third-order valence-corrected chi connectivity index (χ3v) is 3.22. The minimum absolute atomic E-state index is 0.0337. The molecule has 1 heterocycles. The largest absolute Gasteiger partial charge is 0.319 e. The summed E-state index contributed by atoms with van der Waals surface area (Å²) in [5, 5.41) is 25.5. The molecule has 1 saturated heterocycles. The zero-order valence-electron chi connectivity index (χ0n) is 11.3. The molecule has 1 aromatic carbocycles. The lowest BCUT2D eigenvalue weighted by Crippen LogP contribution is -2.52. The SMILES string of the molecule is N#CC1CNCCN1CC(=O)Nc1ccccc1[N+](=O)[O-]. The Morgan fingerprint density at radius 1 is 1.57 bits per heavy atom. The third kappa shape index (κ3) is 3.75. The predicted molar refractivity (Wildman–Crippen MR) is 75.6 cm³/mol. The molecule has 0 bridgehead atoms. The zero-order chi connectivity index (χ0) is 15.2. The molecule has 1 unspecified atom stereocenters. The molecule has 0 aliphatic carbocycles. The number of nitrogens with zero attached hydrogens (tertiary/aromatic N) is 3. The average Bonchev–Trinajstić information content (AvgIpc) is 2.48. The quantitative estimate of drug-likeness (QED) is 0.610. The first-order valence-corrected chi connectivity index (χ1v) is 6.49. The van der Waals surface area contributed by atoms with E-state index in [4.69, 9.17) is 5.26 Å². The molecule has 1 aliphatic heterocycles. The van der Waals surface area contributed by atoms with E-state index in [1.807, 2.05) is 0 Å². The molecule has 1 atom stereocenters. The number of benzene rings is 1. The van der Waals surface area contributed by atoms with Crippen molar-refractivity contribution in [1.82, 2.24) is 10.2 Å². The fourth-order valence-corrected chi connectivity index (χ4v) is 2.18. The van der Waals surface area contributed by atoms with Gasteiger partial charge in [0.05, 0.1) is 17.5 Å². The van der Waals surface area contributed by atoms with Gasteiger partial charge in [0.1, 0.15) is 11.7 Å². The van der Waals surface area contributed by atoms with Crippen molar-refractivity contribution in [3.05, 3.63) is 34.4 Å². The van der Waals surface area contributed by atoms with Crippen molar-refractivity contribution >= 4 is 17.3 Å². The Morgan fingerprint density at radius 3 is 3.05 bits per heavy atom. The van der Waals surface area contributed by atoms with Gasteiger partial charge in [0, 0.05) is 25.7 Å². The molecule has 2 N–H and O–H groups in total. The van der Waals surface area contributed by atoms with Crippen LogP contribution in [-0.2, 0) is 4.79 Å². The number of nitrogens with one attached hydrogen (secondary N) is 2. The number of carbonyl (C=O) groups excluding carboxylic acids is 1. The molecule has 8 nitrogen and oxygen atoms in total. The molecule has 21 heavy (non-hydrogen) atoms. The summed E-state index contributed by atoms with van der Waals surface area (Å²) in [6, 6.07) is 7.73. The number of nitriles is 1. The number of hydrogen-bond donors (Lipinski definition) is 2. The van der Waals surface area contributed by atoms with Crippen LogP contribution in [0.1, 0.15) is 0 Å². The topological polar surface area (TPSA) is 111 Å². The summed E-state index contributed by atoms with van der Waals surface area (Å²) in [7, 11) is 0. The number of nitro benzene ring substituents is 1. The van der Waals surface area contributed by atoms with Crippen LogP contribution in [-0.4, -0.2) is 48.0 Å². The summed E-state index contributed by atoms with van der Waals surface area (Å²) < 4.78 is 0. The van der Waals surface area contributed by atoms with Crippen molar-refractivity contribution in [1.29, 1.82) is 5.26 Å². The Morgan fingerprint density at radius 2 is 2.33 bits per heavy atom. The van der Waals surface area contributed by atoms with Gasteiger partial charge in [0.25, 0.3) is 5.69 Å². The van der Waals surface area contributed by atoms with Crippen molar-refractivity contribution in [2.45, 2.75) is 6.04 Å². The van der Waals surface area contributed by atoms with Gasteiger partial charge in [0.15, 0.2) is 0 Å². The van der Waals surface area contributed by atoms with Crippen molar-refractivity contribution in [3.63, 3.8) is 0 Å². The molecule has 2 rings (SSSR count).